The molecule has 2 aromatic rings. The maximum absolute atomic E-state index is 12.9. The quantitative estimate of drug-likeness (QED) is 0.824. The van der Waals surface area contributed by atoms with Gasteiger partial charge >= 0.3 is 0 Å². The Morgan fingerprint density at radius 3 is 2.84 bits per heavy atom. The SMILES string of the molecule is O=C([C@H]1COc2ccc(Cl)cc2C1)N1CCN(Cc2cccs2)CC1. The molecule has 6 heteroatoms. The second kappa shape index (κ2) is 7.36. The van der Waals surface area contributed by atoms with Crippen molar-refractivity contribution >= 4 is 28.8 Å². The Balaban J connectivity index is 1.33. The van der Waals surface area contributed by atoms with Gasteiger partial charge in [0, 0.05) is 42.6 Å². The summed E-state index contributed by atoms with van der Waals surface area (Å²) in [7, 11) is 0. The van der Waals surface area contributed by atoms with E-state index >= 15 is 0 Å². The minimum Gasteiger partial charge on any atom is -0.492 e. The standard InChI is InChI=1S/C19H21ClN2O2S/c20-16-3-4-18-14(11-16)10-15(13-24-18)19(23)22-7-5-21(6-8-22)12-17-2-1-9-25-17/h1-4,9,11,15H,5-8,10,12-13H2/t15-/m1/s1. The van der Waals surface area contributed by atoms with Gasteiger partial charge in [0.15, 0.2) is 0 Å². The fourth-order valence-electron chi connectivity index (χ4n) is 3.53. The summed E-state index contributed by atoms with van der Waals surface area (Å²) in [5, 5.41) is 2.81. The second-order valence-corrected chi connectivity index (χ2v) is 8.11. The molecular formula is C19H21ClN2O2S. The number of amides is 1. The Hall–Kier alpha value is -1.56. The maximum Gasteiger partial charge on any atom is 0.229 e. The van der Waals surface area contributed by atoms with Crippen molar-refractivity contribution in [3.05, 3.63) is 51.2 Å². The van der Waals surface area contributed by atoms with Gasteiger partial charge in [0.25, 0.3) is 0 Å². The van der Waals surface area contributed by atoms with Crippen molar-refractivity contribution in [1.29, 1.82) is 0 Å². The highest BCUT2D eigenvalue weighted by Crippen LogP contribution is 2.30. The van der Waals surface area contributed by atoms with E-state index in [-0.39, 0.29) is 11.8 Å². The molecule has 2 aliphatic rings. The number of carbonyl (C=O) groups excluding carboxylic acids is 1. The molecule has 0 radical (unpaired) electrons. The Kier molecular flexibility index (Phi) is 4.97. The van der Waals surface area contributed by atoms with Crippen LogP contribution in [-0.2, 0) is 17.8 Å². The number of hydrogen-bond acceptors (Lipinski definition) is 4. The van der Waals surface area contributed by atoms with E-state index in [2.05, 4.69) is 22.4 Å². The van der Waals surface area contributed by atoms with Crippen LogP contribution in [0.15, 0.2) is 35.7 Å². The van der Waals surface area contributed by atoms with Crippen LogP contribution in [-0.4, -0.2) is 48.5 Å². The minimum atomic E-state index is -0.102. The van der Waals surface area contributed by atoms with Crippen LogP contribution in [0.3, 0.4) is 0 Å². The lowest BCUT2D eigenvalue weighted by atomic mass is 9.95. The summed E-state index contributed by atoms with van der Waals surface area (Å²) >= 11 is 7.86. The third kappa shape index (κ3) is 3.84. The van der Waals surface area contributed by atoms with Crippen LogP contribution in [0.4, 0.5) is 0 Å². The highest BCUT2D eigenvalue weighted by atomic mass is 35.5. The third-order valence-corrected chi connectivity index (χ3v) is 6.02. The molecule has 1 atom stereocenters. The maximum atomic E-state index is 12.9. The van der Waals surface area contributed by atoms with E-state index in [1.807, 2.05) is 23.1 Å². The summed E-state index contributed by atoms with van der Waals surface area (Å²) in [6.07, 6.45) is 0.712. The fraction of sp³-hybridized carbons (Fsp3) is 0.421. The molecule has 25 heavy (non-hydrogen) atoms. The molecule has 2 aliphatic heterocycles. The monoisotopic (exact) mass is 376 g/mol. The molecule has 1 amide bonds. The number of carbonyl (C=O) groups is 1. The smallest absolute Gasteiger partial charge is 0.229 e. The van der Waals surface area contributed by atoms with Crippen LogP contribution >= 0.6 is 22.9 Å². The van der Waals surface area contributed by atoms with Crippen molar-refractivity contribution in [1.82, 2.24) is 9.80 Å². The van der Waals surface area contributed by atoms with E-state index in [0.717, 1.165) is 44.0 Å². The van der Waals surface area contributed by atoms with Gasteiger partial charge in [-0.2, -0.15) is 0 Å². The third-order valence-electron chi connectivity index (χ3n) is 4.92. The predicted octanol–water partition coefficient (Wildman–Crippen LogP) is 3.30. The van der Waals surface area contributed by atoms with Gasteiger partial charge in [-0.25, -0.2) is 0 Å². The lowest BCUT2D eigenvalue weighted by Crippen LogP contribution is -2.51. The fourth-order valence-corrected chi connectivity index (χ4v) is 4.47. The van der Waals surface area contributed by atoms with Gasteiger partial charge in [-0.1, -0.05) is 17.7 Å². The first-order valence-corrected chi connectivity index (χ1v) is 9.89. The number of piperazine rings is 1. The Bertz CT molecular complexity index is 742. The Labute approximate surface area is 156 Å². The molecule has 0 aliphatic carbocycles. The zero-order valence-electron chi connectivity index (χ0n) is 14.0. The molecule has 4 nitrogen and oxygen atoms in total. The van der Waals surface area contributed by atoms with Crippen molar-refractivity contribution in [2.24, 2.45) is 5.92 Å². The lowest BCUT2D eigenvalue weighted by molar-refractivity contribution is -0.138. The number of halogens is 1. The van der Waals surface area contributed by atoms with Gasteiger partial charge in [-0.3, -0.25) is 9.69 Å². The van der Waals surface area contributed by atoms with Crippen LogP contribution in [0.25, 0.3) is 0 Å². The van der Waals surface area contributed by atoms with Crippen LogP contribution in [0, 0.1) is 5.92 Å². The van der Waals surface area contributed by atoms with Gasteiger partial charge in [0.1, 0.15) is 12.4 Å². The molecular weight excluding hydrogens is 356 g/mol. The molecule has 0 unspecified atom stereocenters. The number of rotatable bonds is 3. The van der Waals surface area contributed by atoms with Crippen LogP contribution in [0.1, 0.15) is 10.4 Å². The van der Waals surface area contributed by atoms with E-state index in [9.17, 15) is 4.79 Å². The van der Waals surface area contributed by atoms with E-state index in [1.165, 1.54) is 4.88 Å². The number of thiophene rings is 1. The zero-order chi connectivity index (χ0) is 17.2. The predicted molar refractivity (Wildman–Crippen MR) is 100 cm³/mol. The summed E-state index contributed by atoms with van der Waals surface area (Å²) in [6.45, 7) is 4.90. The van der Waals surface area contributed by atoms with Gasteiger partial charge in [-0.05, 0) is 41.6 Å². The molecule has 1 aromatic heterocycles. The first-order valence-electron chi connectivity index (χ1n) is 8.64. The first-order chi connectivity index (χ1) is 12.2. The molecule has 3 heterocycles. The van der Waals surface area contributed by atoms with Crippen LogP contribution in [0.5, 0.6) is 5.75 Å². The normalized spacial score (nSPS) is 20.8. The minimum absolute atomic E-state index is 0.102. The Morgan fingerprint density at radius 1 is 1.24 bits per heavy atom. The number of benzene rings is 1. The molecule has 1 aromatic carbocycles. The molecule has 0 saturated carbocycles. The molecule has 0 bridgehead atoms. The van der Waals surface area contributed by atoms with Crippen LogP contribution in [0.2, 0.25) is 5.02 Å². The summed E-state index contributed by atoms with van der Waals surface area (Å²) in [5.41, 5.74) is 1.04. The van der Waals surface area contributed by atoms with E-state index in [1.54, 1.807) is 11.3 Å². The van der Waals surface area contributed by atoms with Gasteiger partial charge in [0.05, 0.1) is 5.92 Å². The molecule has 1 saturated heterocycles. The average Bonchev–Trinajstić information content (AvgIpc) is 3.14. The van der Waals surface area contributed by atoms with E-state index in [4.69, 9.17) is 16.3 Å². The molecule has 0 N–H and O–H groups in total. The topological polar surface area (TPSA) is 32.8 Å². The largest absolute Gasteiger partial charge is 0.492 e. The summed E-state index contributed by atoms with van der Waals surface area (Å²) in [4.78, 5) is 18.7. The van der Waals surface area contributed by atoms with Crippen molar-refractivity contribution in [2.75, 3.05) is 32.8 Å². The van der Waals surface area contributed by atoms with Gasteiger partial charge in [-0.15, -0.1) is 11.3 Å². The number of ether oxygens (including phenoxy) is 1. The average molecular weight is 377 g/mol. The number of nitrogens with zero attached hydrogens (tertiary/aromatic N) is 2. The molecule has 4 rings (SSSR count). The first kappa shape index (κ1) is 16.9. The number of hydrogen-bond donors (Lipinski definition) is 0. The number of fused-ring (bicyclic) bond motifs is 1. The molecule has 0 spiro atoms. The molecule has 132 valence electrons. The van der Waals surface area contributed by atoms with Crippen molar-refractivity contribution in [2.45, 2.75) is 13.0 Å². The summed E-state index contributed by atoms with van der Waals surface area (Å²) in [5.74, 6) is 0.963. The van der Waals surface area contributed by atoms with E-state index in [0.29, 0.717) is 18.1 Å². The molecule has 1 fully saturated rings. The van der Waals surface area contributed by atoms with Crippen molar-refractivity contribution in [3.63, 3.8) is 0 Å². The van der Waals surface area contributed by atoms with E-state index < -0.39 is 0 Å². The van der Waals surface area contributed by atoms with Crippen LogP contribution < -0.4 is 4.74 Å². The van der Waals surface area contributed by atoms with Crippen molar-refractivity contribution < 1.29 is 9.53 Å². The van der Waals surface area contributed by atoms with Gasteiger partial charge in [0.2, 0.25) is 5.91 Å². The highest BCUT2D eigenvalue weighted by molar-refractivity contribution is 7.09. The summed E-state index contributed by atoms with van der Waals surface area (Å²) in [6, 6.07) is 9.89. The lowest BCUT2D eigenvalue weighted by Gasteiger charge is -2.37. The Morgan fingerprint density at radius 2 is 2.08 bits per heavy atom. The van der Waals surface area contributed by atoms with Crippen molar-refractivity contribution in [3.8, 4) is 5.75 Å². The summed E-state index contributed by atoms with van der Waals surface area (Å²) < 4.78 is 5.78. The second-order valence-electron chi connectivity index (χ2n) is 6.64. The highest BCUT2D eigenvalue weighted by Gasteiger charge is 2.31. The zero-order valence-corrected chi connectivity index (χ0v) is 15.6. The van der Waals surface area contributed by atoms with Gasteiger partial charge < -0.3 is 9.64 Å².